The second-order valence-corrected chi connectivity index (χ2v) is 6.02. The van der Waals surface area contributed by atoms with Crippen molar-refractivity contribution < 1.29 is 9.53 Å². The zero-order valence-electron chi connectivity index (χ0n) is 12.8. The maximum atomic E-state index is 11.1. The molecule has 7 heteroatoms. The lowest BCUT2D eigenvalue weighted by atomic mass is 10.1. The fourth-order valence-corrected chi connectivity index (χ4v) is 3.14. The Hall–Kier alpha value is -2.44. The number of ether oxygens (including phenoxy) is 1. The van der Waals surface area contributed by atoms with Gasteiger partial charge in [-0.2, -0.15) is 0 Å². The van der Waals surface area contributed by atoms with Gasteiger partial charge in [-0.1, -0.05) is 11.6 Å². The van der Waals surface area contributed by atoms with Crippen LogP contribution in [-0.4, -0.2) is 47.5 Å². The van der Waals surface area contributed by atoms with Crippen LogP contribution in [0.1, 0.15) is 10.4 Å². The number of aromatic amines is 1. The molecule has 3 heterocycles. The second kappa shape index (κ2) is 6.22. The van der Waals surface area contributed by atoms with Gasteiger partial charge < -0.3 is 14.6 Å². The first-order chi connectivity index (χ1) is 11.8. The molecule has 122 valence electrons. The molecular weight excluding hydrogens is 328 g/mol. The molecule has 2 aromatic heterocycles. The molecule has 1 aliphatic rings. The van der Waals surface area contributed by atoms with Crippen molar-refractivity contribution in [3.05, 3.63) is 41.3 Å². The van der Waals surface area contributed by atoms with Crippen LogP contribution in [0, 0.1) is 0 Å². The lowest BCUT2D eigenvalue weighted by Gasteiger charge is -2.26. The van der Waals surface area contributed by atoms with Crippen LogP contribution in [0.4, 0.5) is 5.95 Å². The molecule has 0 unspecified atom stereocenters. The van der Waals surface area contributed by atoms with Gasteiger partial charge in [-0.05, 0) is 12.1 Å². The van der Waals surface area contributed by atoms with Crippen LogP contribution in [0.2, 0.25) is 5.02 Å². The van der Waals surface area contributed by atoms with E-state index in [4.69, 9.17) is 16.3 Å². The number of carbonyl (C=O) groups excluding carboxylic acids is 1. The number of nitrogens with zero attached hydrogens (tertiary/aromatic N) is 3. The molecule has 1 N–H and O–H groups in total. The number of morpholine rings is 1. The summed E-state index contributed by atoms with van der Waals surface area (Å²) in [4.78, 5) is 25.2. The zero-order chi connectivity index (χ0) is 16.5. The standard InChI is InChI=1S/C17H15ClN4O2/c18-15-6-16-14(12(10-23)9-19-16)5-13(15)11-7-20-17(21-8-11)22-1-3-24-4-2-22/h5-10,19H,1-4H2. The van der Waals surface area contributed by atoms with Crippen LogP contribution >= 0.6 is 11.6 Å². The van der Waals surface area contributed by atoms with Gasteiger partial charge in [0.25, 0.3) is 0 Å². The minimum Gasteiger partial charge on any atom is -0.378 e. The zero-order valence-corrected chi connectivity index (χ0v) is 13.6. The fourth-order valence-electron chi connectivity index (χ4n) is 2.87. The Morgan fingerprint density at radius 2 is 1.96 bits per heavy atom. The van der Waals surface area contributed by atoms with Crippen LogP contribution in [0.25, 0.3) is 22.0 Å². The Morgan fingerprint density at radius 1 is 1.21 bits per heavy atom. The van der Waals surface area contributed by atoms with Gasteiger partial charge in [-0.25, -0.2) is 9.97 Å². The van der Waals surface area contributed by atoms with Crippen molar-refractivity contribution in [2.75, 3.05) is 31.2 Å². The molecule has 0 amide bonds. The van der Waals surface area contributed by atoms with Crippen LogP contribution in [0.5, 0.6) is 0 Å². The van der Waals surface area contributed by atoms with Crippen molar-refractivity contribution in [3.63, 3.8) is 0 Å². The molecule has 0 atom stereocenters. The summed E-state index contributed by atoms with van der Waals surface area (Å²) in [7, 11) is 0. The van der Waals surface area contributed by atoms with Crippen LogP contribution < -0.4 is 4.90 Å². The van der Waals surface area contributed by atoms with Crippen LogP contribution in [0.3, 0.4) is 0 Å². The second-order valence-electron chi connectivity index (χ2n) is 5.61. The highest BCUT2D eigenvalue weighted by molar-refractivity contribution is 6.34. The highest BCUT2D eigenvalue weighted by Gasteiger charge is 2.15. The quantitative estimate of drug-likeness (QED) is 0.741. The minimum absolute atomic E-state index is 0.588. The summed E-state index contributed by atoms with van der Waals surface area (Å²) < 4.78 is 5.34. The third-order valence-corrected chi connectivity index (χ3v) is 4.48. The summed E-state index contributed by atoms with van der Waals surface area (Å²) >= 11 is 6.39. The van der Waals surface area contributed by atoms with Gasteiger partial charge in [-0.3, -0.25) is 4.79 Å². The molecule has 1 aliphatic heterocycles. The molecule has 1 saturated heterocycles. The number of aromatic nitrogens is 3. The van der Waals surface area contributed by atoms with E-state index in [1.807, 2.05) is 12.1 Å². The van der Waals surface area contributed by atoms with Crippen molar-refractivity contribution >= 4 is 34.7 Å². The van der Waals surface area contributed by atoms with Gasteiger partial charge in [0.15, 0.2) is 6.29 Å². The number of halogens is 1. The summed E-state index contributed by atoms with van der Waals surface area (Å²) in [6.07, 6.45) is 6.03. The number of benzene rings is 1. The predicted molar refractivity (Wildman–Crippen MR) is 92.8 cm³/mol. The molecule has 24 heavy (non-hydrogen) atoms. The predicted octanol–water partition coefficient (Wildman–Crippen LogP) is 2.93. The van der Waals surface area contributed by atoms with E-state index in [0.29, 0.717) is 29.7 Å². The number of carbonyl (C=O) groups is 1. The molecule has 0 saturated carbocycles. The summed E-state index contributed by atoms with van der Waals surface area (Å²) in [5.41, 5.74) is 3.06. The molecule has 1 aromatic carbocycles. The van der Waals surface area contributed by atoms with Gasteiger partial charge in [0, 0.05) is 59.3 Å². The Labute approximate surface area is 143 Å². The van der Waals surface area contributed by atoms with E-state index in [1.165, 1.54) is 0 Å². The number of rotatable bonds is 3. The van der Waals surface area contributed by atoms with Gasteiger partial charge in [0.1, 0.15) is 0 Å². The highest BCUT2D eigenvalue weighted by atomic mass is 35.5. The maximum Gasteiger partial charge on any atom is 0.225 e. The minimum atomic E-state index is 0.588. The molecule has 1 fully saturated rings. The Balaban J connectivity index is 1.71. The van der Waals surface area contributed by atoms with E-state index in [0.717, 1.165) is 41.4 Å². The van der Waals surface area contributed by atoms with Crippen LogP contribution in [0.15, 0.2) is 30.7 Å². The van der Waals surface area contributed by atoms with Crippen molar-refractivity contribution in [2.45, 2.75) is 0 Å². The third kappa shape index (κ3) is 2.64. The van der Waals surface area contributed by atoms with E-state index in [9.17, 15) is 4.79 Å². The molecule has 3 aromatic rings. The largest absolute Gasteiger partial charge is 0.378 e. The molecule has 0 spiro atoms. The van der Waals surface area contributed by atoms with E-state index in [-0.39, 0.29) is 0 Å². The molecule has 6 nitrogen and oxygen atoms in total. The Morgan fingerprint density at radius 3 is 2.67 bits per heavy atom. The molecular formula is C17H15ClN4O2. The van der Waals surface area contributed by atoms with Crippen molar-refractivity contribution in [2.24, 2.45) is 0 Å². The topological polar surface area (TPSA) is 71.1 Å². The maximum absolute atomic E-state index is 11.1. The lowest BCUT2D eigenvalue weighted by Crippen LogP contribution is -2.37. The summed E-state index contributed by atoms with van der Waals surface area (Å²) in [6, 6.07) is 3.71. The lowest BCUT2D eigenvalue weighted by molar-refractivity contribution is 0.112. The van der Waals surface area contributed by atoms with Gasteiger partial charge >= 0.3 is 0 Å². The number of nitrogens with one attached hydrogen (secondary N) is 1. The number of anilines is 1. The average molecular weight is 343 g/mol. The Kier molecular flexibility index (Phi) is 3.92. The highest BCUT2D eigenvalue weighted by Crippen LogP contribution is 2.32. The number of H-pyrrole nitrogens is 1. The third-order valence-electron chi connectivity index (χ3n) is 4.17. The fraction of sp³-hybridized carbons (Fsp3) is 0.235. The Bertz CT molecular complexity index is 885. The normalized spacial score (nSPS) is 15.0. The van der Waals surface area contributed by atoms with Gasteiger partial charge in [-0.15, -0.1) is 0 Å². The van der Waals surface area contributed by atoms with E-state index in [2.05, 4.69) is 19.9 Å². The average Bonchev–Trinajstić information content (AvgIpc) is 3.03. The monoisotopic (exact) mass is 342 g/mol. The first-order valence-corrected chi connectivity index (χ1v) is 8.05. The molecule has 0 radical (unpaired) electrons. The molecule has 0 bridgehead atoms. The van der Waals surface area contributed by atoms with E-state index in [1.54, 1.807) is 18.6 Å². The summed E-state index contributed by atoms with van der Waals surface area (Å²) in [6.45, 7) is 2.96. The first kappa shape index (κ1) is 15.1. The van der Waals surface area contributed by atoms with Gasteiger partial charge in [0.2, 0.25) is 5.95 Å². The molecule has 4 rings (SSSR count). The number of fused-ring (bicyclic) bond motifs is 1. The molecule has 0 aliphatic carbocycles. The van der Waals surface area contributed by atoms with Crippen LogP contribution in [-0.2, 0) is 4.74 Å². The summed E-state index contributed by atoms with van der Waals surface area (Å²) in [5, 5.41) is 1.42. The number of hydrogen-bond donors (Lipinski definition) is 1. The van der Waals surface area contributed by atoms with E-state index >= 15 is 0 Å². The van der Waals surface area contributed by atoms with E-state index < -0.39 is 0 Å². The number of hydrogen-bond acceptors (Lipinski definition) is 5. The summed E-state index contributed by atoms with van der Waals surface area (Å²) in [5.74, 6) is 0.689. The smallest absolute Gasteiger partial charge is 0.225 e. The van der Waals surface area contributed by atoms with Crippen molar-refractivity contribution in [1.82, 2.24) is 15.0 Å². The van der Waals surface area contributed by atoms with Crippen molar-refractivity contribution in [3.8, 4) is 11.1 Å². The van der Waals surface area contributed by atoms with Gasteiger partial charge in [0.05, 0.1) is 18.2 Å². The SMILES string of the molecule is O=Cc1c[nH]c2cc(Cl)c(-c3cnc(N4CCOCC4)nc3)cc12. The number of aldehydes is 1. The first-order valence-electron chi connectivity index (χ1n) is 7.67. The van der Waals surface area contributed by atoms with Crippen molar-refractivity contribution in [1.29, 1.82) is 0 Å².